The fraction of sp³-hybridized carbons (Fsp3) is 0.474. The van der Waals surface area contributed by atoms with Crippen molar-refractivity contribution in [1.29, 1.82) is 0 Å². The van der Waals surface area contributed by atoms with Gasteiger partial charge in [-0.1, -0.05) is 57.2 Å². The van der Waals surface area contributed by atoms with Gasteiger partial charge in [-0.05, 0) is 117 Å². The number of carbonyl (C=O) groups is 4. The SMILES string of the molecule is CCN(c1cc(-c2ccc(OCCOCCOCC(=O)N[C@H](C(=O)N3C[C@H](O)C[C@H]3C(=O)NCc3ccc(-c4scnc4C)cc3)C(C)(C)C)cc2)cc(C(=O)NCc2c(C)cc(C)[nH]c2=O)c1C)C1CCOCC1. The van der Waals surface area contributed by atoms with E-state index in [1.54, 1.807) is 11.3 Å². The number of benzene rings is 3. The van der Waals surface area contributed by atoms with Crippen molar-refractivity contribution >= 4 is 40.7 Å². The highest BCUT2D eigenvalue weighted by Gasteiger charge is 2.44. The van der Waals surface area contributed by atoms with Gasteiger partial charge < -0.3 is 54.8 Å². The minimum absolute atomic E-state index is 0.0289. The summed E-state index contributed by atoms with van der Waals surface area (Å²) < 4.78 is 23.0. The summed E-state index contributed by atoms with van der Waals surface area (Å²) in [6.07, 6.45) is 0.980. The number of likely N-dealkylation sites (tertiary alicyclic amines) is 1. The summed E-state index contributed by atoms with van der Waals surface area (Å²) >= 11 is 1.57. The normalized spacial score (nSPS) is 16.4. The molecule has 2 aliphatic rings. The predicted octanol–water partition coefficient (Wildman–Crippen LogP) is 6.56. The van der Waals surface area contributed by atoms with E-state index in [1.165, 1.54) is 4.90 Å². The molecule has 5 N–H and O–H groups in total. The van der Waals surface area contributed by atoms with Crippen molar-refractivity contribution in [2.45, 2.75) is 112 Å². The van der Waals surface area contributed by atoms with Gasteiger partial charge in [0.1, 0.15) is 31.0 Å². The Kier molecular flexibility index (Phi) is 19.4. The lowest BCUT2D eigenvalue weighted by atomic mass is 9.85. The van der Waals surface area contributed by atoms with Crippen molar-refractivity contribution in [3.8, 4) is 27.3 Å². The number of pyridine rings is 1. The molecule has 0 saturated carbocycles. The second kappa shape index (κ2) is 25.9. The van der Waals surface area contributed by atoms with Gasteiger partial charge in [-0.25, -0.2) is 4.98 Å². The molecule has 3 atom stereocenters. The molecule has 402 valence electrons. The third-order valence-electron chi connectivity index (χ3n) is 13.8. The number of hydrogen-bond donors (Lipinski definition) is 5. The minimum Gasteiger partial charge on any atom is -0.491 e. The quantitative estimate of drug-likeness (QED) is 0.0467. The fourth-order valence-corrected chi connectivity index (χ4v) is 10.5. The number of nitrogens with one attached hydrogen (secondary N) is 4. The van der Waals surface area contributed by atoms with Gasteiger partial charge in [-0.15, -0.1) is 11.3 Å². The number of rotatable bonds is 22. The van der Waals surface area contributed by atoms with Crippen LogP contribution in [0, 0.1) is 33.1 Å². The van der Waals surface area contributed by atoms with Crippen LogP contribution in [0.3, 0.4) is 0 Å². The van der Waals surface area contributed by atoms with Gasteiger partial charge in [0.05, 0.1) is 42.0 Å². The van der Waals surface area contributed by atoms with Gasteiger partial charge in [0, 0.05) is 74.4 Å². The Labute approximate surface area is 443 Å². The van der Waals surface area contributed by atoms with Crippen molar-refractivity contribution in [2.24, 2.45) is 5.41 Å². The highest BCUT2D eigenvalue weighted by atomic mass is 32.1. The molecule has 0 spiro atoms. The number of ether oxygens (including phenoxy) is 4. The van der Waals surface area contributed by atoms with E-state index in [0.29, 0.717) is 30.1 Å². The average molecular weight is 1050 g/mol. The van der Waals surface area contributed by atoms with Crippen LogP contribution in [0.2, 0.25) is 0 Å². The van der Waals surface area contributed by atoms with Crippen molar-refractivity contribution in [3.63, 3.8) is 0 Å². The van der Waals surface area contributed by atoms with Crippen LogP contribution in [0.25, 0.3) is 21.6 Å². The van der Waals surface area contributed by atoms with E-state index in [2.05, 4.69) is 43.8 Å². The Hall–Kier alpha value is -6.44. The van der Waals surface area contributed by atoms with Gasteiger partial charge in [-0.2, -0.15) is 0 Å². The molecule has 4 amide bonds. The molecule has 0 unspecified atom stereocenters. The van der Waals surface area contributed by atoms with E-state index >= 15 is 0 Å². The third kappa shape index (κ3) is 14.7. The van der Waals surface area contributed by atoms with Gasteiger partial charge >= 0.3 is 0 Å². The average Bonchev–Trinajstić information content (AvgIpc) is 4.01. The lowest BCUT2D eigenvalue weighted by molar-refractivity contribution is -0.144. The van der Waals surface area contributed by atoms with E-state index in [-0.39, 0.29) is 82.5 Å². The van der Waals surface area contributed by atoms with Gasteiger partial charge in [-0.3, -0.25) is 24.0 Å². The largest absolute Gasteiger partial charge is 0.491 e. The topological polar surface area (TPSA) is 214 Å². The van der Waals surface area contributed by atoms with Crippen LogP contribution in [0.1, 0.15) is 91.0 Å². The van der Waals surface area contributed by atoms with Crippen LogP contribution in [-0.2, 0) is 41.7 Å². The number of H-pyrrole nitrogens is 1. The highest BCUT2D eigenvalue weighted by Crippen LogP contribution is 2.35. The Bertz CT molecular complexity index is 2820. The summed E-state index contributed by atoms with van der Waals surface area (Å²) in [5.41, 5.74) is 10.0. The molecule has 2 aromatic heterocycles. The Morgan fingerprint density at radius 3 is 2.25 bits per heavy atom. The zero-order chi connectivity index (χ0) is 53.8. The summed E-state index contributed by atoms with van der Waals surface area (Å²) in [6.45, 7) is 18.2. The monoisotopic (exact) mass is 1050 g/mol. The number of β-amino-alcohol motifs (C(OH)–C–C–N with tert-alkyl or cyclic N) is 1. The molecule has 7 rings (SSSR count). The van der Waals surface area contributed by atoms with Crippen LogP contribution in [-0.4, -0.2) is 127 Å². The molecule has 2 aliphatic heterocycles. The van der Waals surface area contributed by atoms with Crippen molar-refractivity contribution < 1.29 is 43.2 Å². The Balaban J connectivity index is 0.868. The summed E-state index contributed by atoms with van der Waals surface area (Å²) in [5.74, 6) is -0.958. The molecule has 17 nitrogen and oxygen atoms in total. The molecule has 2 fully saturated rings. The second-order valence-electron chi connectivity index (χ2n) is 20.4. The van der Waals surface area contributed by atoms with E-state index in [0.717, 1.165) is 74.7 Å². The van der Waals surface area contributed by atoms with Crippen LogP contribution in [0.5, 0.6) is 5.75 Å². The number of thiazole rings is 1. The van der Waals surface area contributed by atoms with Gasteiger partial charge in [0.15, 0.2) is 0 Å². The number of aromatic amines is 1. The summed E-state index contributed by atoms with van der Waals surface area (Å²) in [5, 5.41) is 19.4. The molecule has 18 heteroatoms. The maximum Gasteiger partial charge on any atom is 0.253 e. The number of aromatic nitrogens is 2. The van der Waals surface area contributed by atoms with Crippen LogP contribution in [0.15, 0.2) is 77.0 Å². The van der Waals surface area contributed by atoms with Crippen LogP contribution in [0.4, 0.5) is 5.69 Å². The van der Waals surface area contributed by atoms with E-state index in [1.807, 2.05) is 115 Å². The molecule has 4 heterocycles. The Morgan fingerprint density at radius 2 is 1.59 bits per heavy atom. The number of aliphatic hydroxyl groups excluding tert-OH is 1. The summed E-state index contributed by atoms with van der Waals surface area (Å²) in [7, 11) is 0. The zero-order valence-corrected chi connectivity index (χ0v) is 45.3. The highest BCUT2D eigenvalue weighted by molar-refractivity contribution is 7.13. The number of aryl methyl sites for hydroxylation is 3. The predicted molar refractivity (Wildman–Crippen MR) is 290 cm³/mol. The molecule has 0 aliphatic carbocycles. The molecular formula is C57H73N7O10S. The van der Waals surface area contributed by atoms with E-state index in [4.69, 9.17) is 18.9 Å². The summed E-state index contributed by atoms with van der Waals surface area (Å²) in [4.78, 5) is 79.4. The van der Waals surface area contributed by atoms with Crippen molar-refractivity contribution in [2.75, 3.05) is 64.2 Å². The zero-order valence-electron chi connectivity index (χ0n) is 44.5. The Morgan fingerprint density at radius 1 is 0.893 bits per heavy atom. The first-order valence-electron chi connectivity index (χ1n) is 25.8. The number of hydrogen-bond acceptors (Lipinski definition) is 13. The van der Waals surface area contributed by atoms with Crippen molar-refractivity contribution in [3.05, 3.63) is 122 Å². The fourth-order valence-electron chi connectivity index (χ4n) is 9.72. The number of carbonyl (C=O) groups excluding carboxylic acids is 4. The smallest absolute Gasteiger partial charge is 0.253 e. The molecule has 0 bridgehead atoms. The first-order valence-corrected chi connectivity index (χ1v) is 26.7. The first kappa shape index (κ1) is 56.3. The molecule has 75 heavy (non-hydrogen) atoms. The maximum atomic E-state index is 14.0. The number of anilines is 1. The number of nitrogens with zero attached hydrogens (tertiary/aromatic N) is 3. The first-order chi connectivity index (χ1) is 35.9. The van der Waals surface area contributed by atoms with Gasteiger partial charge in [0.2, 0.25) is 17.7 Å². The minimum atomic E-state index is -0.987. The van der Waals surface area contributed by atoms with Crippen LogP contribution >= 0.6 is 11.3 Å². The lowest BCUT2D eigenvalue weighted by Crippen LogP contribution is -2.58. The van der Waals surface area contributed by atoms with E-state index < -0.39 is 35.4 Å². The standard InChI is InChI=1S/C57H73N7O10S/c1-9-63(43-18-20-71-21-19-43)48-28-42(27-46(37(48)4)53(67)59-31-47-35(2)26-36(3)61-54(47)68)40-14-16-45(17-15-40)74-25-24-72-22-23-73-33-50(66)62-52(57(6,7)8)56(70)64-32-44(65)29-49(64)55(69)58-30-39-10-12-41(13-11-39)51-38(5)60-34-75-51/h10-17,26-28,34,43-44,49,52,65H,9,18-25,29-33H2,1-8H3,(H,58,69)(H,59,67)(H,61,68)(H,62,66)/t44-,49+,52-/m1/s1. The third-order valence-corrected chi connectivity index (χ3v) is 14.8. The molecule has 5 aromatic rings. The molecule has 2 saturated heterocycles. The second-order valence-corrected chi connectivity index (χ2v) is 21.3. The summed E-state index contributed by atoms with van der Waals surface area (Å²) in [6, 6.07) is 19.9. The number of amides is 4. The van der Waals surface area contributed by atoms with E-state index in [9.17, 15) is 29.1 Å². The van der Waals surface area contributed by atoms with Crippen LogP contribution < -0.4 is 31.1 Å². The maximum absolute atomic E-state index is 14.0. The molecule has 0 radical (unpaired) electrons. The van der Waals surface area contributed by atoms with Crippen molar-refractivity contribution in [1.82, 2.24) is 30.8 Å². The van der Waals surface area contributed by atoms with Gasteiger partial charge in [0.25, 0.3) is 11.5 Å². The lowest BCUT2D eigenvalue weighted by Gasteiger charge is -2.37. The molecule has 3 aromatic carbocycles. The molecular weight excluding hydrogens is 975 g/mol. The number of aliphatic hydroxyl groups is 1.